The molecule has 21 heavy (non-hydrogen) atoms. The van der Waals surface area contributed by atoms with Gasteiger partial charge in [-0.25, -0.2) is 4.98 Å². The summed E-state index contributed by atoms with van der Waals surface area (Å²) in [6, 6.07) is 12.1. The van der Waals surface area contributed by atoms with Crippen LogP contribution in [0.2, 0.25) is 0 Å². The van der Waals surface area contributed by atoms with Gasteiger partial charge in [-0.15, -0.1) is 14.8 Å². The smallest absolute Gasteiger partial charge is 0.176 e. The summed E-state index contributed by atoms with van der Waals surface area (Å²) < 4.78 is 7.37. The highest BCUT2D eigenvalue weighted by Crippen LogP contribution is 2.24. The van der Waals surface area contributed by atoms with Crippen LogP contribution in [0.3, 0.4) is 0 Å². The van der Waals surface area contributed by atoms with Crippen LogP contribution in [0.4, 0.5) is 5.82 Å². The first-order valence-electron chi connectivity index (χ1n) is 6.96. The number of ether oxygens (including phenoxy) is 1. The van der Waals surface area contributed by atoms with E-state index in [1.807, 2.05) is 37.3 Å². The second kappa shape index (κ2) is 4.73. The minimum absolute atomic E-state index is 0.646. The molecule has 0 aliphatic carbocycles. The van der Waals surface area contributed by atoms with Gasteiger partial charge in [-0.05, 0) is 25.1 Å². The van der Waals surface area contributed by atoms with Gasteiger partial charge >= 0.3 is 0 Å². The Labute approximate surface area is 122 Å². The molecule has 0 spiro atoms. The van der Waals surface area contributed by atoms with E-state index < -0.39 is 0 Å². The molecule has 1 aliphatic heterocycles. The van der Waals surface area contributed by atoms with Crippen LogP contribution in [0.25, 0.3) is 5.65 Å². The van der Waals surface area contributed by atoms with Gasteiger partial charge in [0.25, 0.3) is 0 Å². The highest BCUT2D eigenvalue weighted by Gasteiger charge is 2.17. The van der Waals surface area contributed by atoms with E-state index in [4.69, 9.17) is 4.74 Å². The Morgan fingerprint density at radius 1 is 1.10 bits per heavy atom. The molecule has 106 valence electrons. The van der Waals surface area contributed by atoms with Gasteiger partial charge in [0.2, 0.25) is 0 Å². The molecule has 0 bridgehead atoms. The predicted molar refractivity (Wildman–Crippen MR) is 78.5 cm³/mol. The summed E-state index contributed by atoms with van der Waals surface area (Å²) in [6.07, 6.45) is 0. The lowest BCUT2D eigenvalue weighted by Crippen LogP contribution is -2.26. The topological polar surface area (TPSA) is 55.5 Å². The second-order valence-electron chi connectivity index (χ2n) is 5.08. The monoisotopic (exact) mass is 281 g/mol. The van der Waals surface area contributed by atoms with Crippen molar-refractivity contribution in [2.24, 2.45) is 0 Å². The van der Waals surface area contributed by atoms with E-state index in [-0.39, 0.29) is 0 Å². The molecule has 0 amide bonds. The van der Waals surface area contributed by atoms with Gasteiger partial charge in [0, 0.05) is 12.1 Å². The molecule has 0 fully saturated rings. The molecular formula is C15H15N5O. The number of hydrogen-bond donors (Lipinski definition) is 0. The van der Waals surface area contributed by atoms with Crippen LogP contribution in [0.5, 0.6) is 5.75 Å². The van der Waals surface area contributed by atoms with E-state index >= 15 is 0 Å². The molecule has 1 aliphatic rings. The maximum absolute atomic E-state index is 5.79. The molecular weight excluding hydrogens is 266 g/mol. The summed E-state index contributed by atoms with van der Waals surface area (Å²) >= 11 is 0. The third-order valence-electron chi connectivity index (χ3n) is 3.58. The average Bonchev–Trinajstić information content (AvgIpc) is 2.73. The minimum Gasteiger partial charge on any atom is -0.491 e. The Kier molecular flexibility index (Phi) is 2.73. The summed E-state index contributed by atoms with van der Waals surface area (Å²) in [5.74, 6) is 2.56. The van der Waals surface area contributed by atoms with Crippen LogP contribution >= 0.6 is 0 Å². The van der Waals surface area contributed by atoms with Crippen LogP contribution < -0.4 is 9.64 Å². The highest BCUT2D eigenvalue weighted by atomic mass is 16.5. The molecule has 3 heterocycles. The third-order valence-corrected chi connectivity index (χ3v) is 3.58. The fourth-order valence-corrected chi connectivity index (χ4v) is 2.57. The van der Waals surface area contributed by atoms with Crippen molar-refractivity contribution in [2.45, 2.75) is 13.5 Å². The Bertz CT molecular complexity index is 798. The SMILES string of the molecule is Cc1nc2ccc(N3CCOc4ccccc4C3)nn2n1. The number of anilines is 1. The van der Waals surface area contributed by atoms with Crippen molar-refractivity contribution in [3.05, 3.63) is 47.8 Å². The highest BCUT2D eigenvalue weighted by molar-refractivity contribution is 5.47. The fraction of sp³-hybridized carbons (Fsp3) is 0.267. The minimum atomic E-state index is 0.646. The second-order valence-corrected chi connectivity index (χ2v) is 5.08. The van der Waals surface area contributed by atoms with Crippen LogP contribution in [0.1, 0.15) is 11.4 Å². The van der Waals surface area contributed by atoms with Crippen LogP contribution in [0.15, 0.2) is 36.4 Å². The summed E-state index contributed by atoms with van der Waals surface area (Å²) in [4.78, 5) is 6.50. The van der Waals surface area contributed by atoms with Gasteiger partial charge in [-0.3, -0.25) is 0 Å². The molecule has 6 nitrogen and oxygen atoms in total. The first-order chi connectivity index (χ1) is 10.3. The van der Waals surface area contributed by atoms with Gasteiger partial charge in [-0.1, -0.05) is 18.2 Å². The lowest BCUT2D eigenvalue weighted by molar-refractivity contribution is 0.331. The van der Waals surface area contributed by atoms with E-state index in [1.54, 1.807) is 4.63 Å². The van der Waals surface area contributed by atoms with Crippen molar-refractivity contribution in [3.63, 3.8) is 0 Å². The summed E-state index contributed by atoms with van der Waals surface area (Å²) in [5.41, 5.74) is 1.94. The van der Waals surface area contributed by atoms with Gasteiger partial charge < -0.3 is 9.64 Å². The zero-order valence-corrected chi connectivity index (χ0v) is 11.7. The Morgan fingerprint density at radius 3 is 2.95 bits per heavy atom. The van der Waals surface area contributed by atoms with Crippen molar-refractivity contribution >= 4 is 11.5 Å². The number of aryl methyl sites for hydroxylation is 1. The summed E-state index contributed by atoms with van der Waals surface area (Å²) in [6.45, 7) is 4.08. The number of benzene rings is 1. The molecule has 3 aromatic rings. The molecule has 0 saturated heterocycles. The van der Waals surface area contributed by atoms with E-state index in [1.165, 1.54) is 5.56 Å². The van der Waals surface area contributed by atoms with Crippen molar-refractivity contribution in [2.75, 3.05) is 18.1 Å². The van der Waals surface area contributed by atoms with E-state index in [0.717, 1.165) is 36.1 Å². The Hall–Kier alpha value is -2.63. The normalized spacial score (nSPS) is 14.6. The fourth-order valence-electron chi connectivity index (χ4n) is 2.57. The van der Waals surface area contributed by atoms with Crippen molar-refractivity contribution < 1.29 is 4.74 Å². The number of rotatable bonds is 1. The quantitative estimate of drug-likeness (QED) is 0.681. The summed E-state index contributed by atoms with van der Waals surface area (Å²) in [5, 5.41) is 8.82. The van der Waals surface area contributed by atoms with E-state index in [9.17, 15) is 0 Å². The van der Waals surface area contributed by atoms with Gasteiger partial charge in [0.15, 0.2) is 11.5 Å². The number of nitrogens with zero attached hydrogens (tertiary/aromatic N) is 5. The van der Waals surface area contributed by atoms with Crippen molar-refractivity contribution in [1.29, 1.82) is 0 Å². The molecule has 0 saturated carbocycles. The first kappa shape index (κ1) is 12.1. The standard InChI is InChI=1S/C15H15N5O/c1-11-16-14-6-7-15(18-20(14)17-11)19-8-9-21-13-5-3-2-4-12(13)10-19/h2-7H,8-10H2,1H3. The Morgan fingerprint density at radius 2 is 2.00 bits per heavy atom. The molecule has 0 N–H and O–H groups in total. The molecule has 4 rings (SSSR count). The maximum atomic E-state index is 5.79. The zero-order valence-electron chi connectivity index (χ0n) is 11.7. The third kappa shape index (κ3) is 2.18. The molecule has 6 heteroatoms. The molecule has 2 aromatic heterocycles. The molecule has 1 aromatic carbocycles. The van der Waals surface area contributed by atoms with Crippen LogP contribution in [-0.2, 0) is 6.54 Å². The first-order valence-corrected chi connectivity index (χ1v) is 6.96. The van der Waals surface area contributed by atoms with E-state index in [0.29, 0.717) is 6.61 Å². The molecule has 0 atom stereocenters. The Balaban J connectivity index is 1.71. The van der Waals surface area contributed by atoms with Gasteiger partial charge in [0.05, 0.1) is 6.54 Å². The lowest BCUT2D eigenvalue weighted by Gasteiger charge is -2.20. The van der Waals surface area contributed by atoms with Gasteiger partial charge in [-0.2, -0.15) is 0 Å². The number of aromatic nitrogens is 4. The average molecular weight is 281 g/mol. The largest absolute Gasteiger partial charge is 0.491 e. The van der Waals surface area contributed by atoms with Crippen molar-refractivity contribution in [3.8, 4) is 5.75 Å². The van der Waals surface area contributed by atoms with E-state index in [2.05, 4.69) is 26.1 Å². The van der Waals surface area contributed by atoms with Crippen LogP contribution in [0, 0.1) is 6.92 Å². The molecule has 0 unspecified atom stereocenters. The van der Waals surface area contributed by atoms with Gasteiger partial charge in [0.1, 0.15) is 18.2 Å². The summed E-state index contributed by atoms with van der Waals surface area (Å²) in [7, 11) is 0. The number of hydrogen-bond acceptors (Lipinski definition) is 5. The van der Waals surface area contributed by atoms with Crippen molar-refractivity contribution in [1.82, 2.24) is 19.8 Å². The lowest BCUT2D eigenvalue weighted by atomic mass is 10.2. The predicted octanol–water partition coefficient (Wildman–Crippen LogP) is 1.83. The molecule has 0 radical (unpaired) electrons. The number of para-hydroxylation sites is 1. The van der Waals surface area contributed by atoms with Crippen LogP contribution in [-0.4, -0.2) is 33.0 Å². The maximum Gasteiger partial charge on any atom is 0.176 e. The zero-order chi connectivity index (χ0) is 14.2. The number of fused-ring (bicyclic) bond motifs is 2.